The predicted octanol–water partition coefficient (Wildman–Crippen LogP) is 2.01. The van der Waals surface area contributed by atoms with Gasteiger partial charge >= 0.3 is 5.97 Å². The smallest absolute Gasteiger partial charge is 0.336 e. The topological polar surface area (TPSA) is 49.3 Å². The minimum Gasteiger partial charge on any atom is -0.478 e. The normalized spacial score (nSPS) is 13.6. The van der Waals surface area contributed by atoms with Crippen LogP contribution in [0.2, 0.25) is 5.02 Å². The monoisotopic (exact) mass is 197 g/mol. The van der Waals surface area contributed by atoms with Crippen molar-refractivity contribution in [2.45, 2.75) is 6.42 Å². The Morgan fingerprint density at radius 3 is 3.00 bits per heavy atom. The Hall–Kier alpha value is -1.22. The van der Waals surface area contributed by atoms with Gasteiger partial charge in [-0.1, -0.05) is 11.6 Å². The number of carboxylic acid groups (broad SMARTS) is 1. The van der Waals surface area contributed by atoms with Crippen molar-refractivity contribution in [3.8, 4) is 0 Å². The summed E-state index contributed by atoms with van der Waals surface area (Å²) in [7, 11) is 0. The molecule has 1 aliphatic heterocycles. The van der Waals surface area contributed by atoms with Crippen molar-refractivity contribution >= 4 is 23.3 Å². The zero-order valence-corrected chi connectivity index (χ0v) is 7.56. The average Bonchev–Trinajstić information content (AvgIpc) is 2.53. The number of halogens is 1. The lowest BCUT2D eigenvalue weighted by Crippen LogP contribution is -2.00. The highest BCUT2D eigenvalue weighted by molar-refractivity contribution is 6.33. The molecule has 1 aliphatic rings. The number of rotatable bonds is 1. The molecule has 1 aromatic rings. The molecule has 0 radical (unpaired) electrons. The SMILES string of the molecule is O=C(O)c1ccc(Cl)c2c1CCN2. The summed E-state index contributed by atoms with van der Waals surface area (Å²) in [4.78, 5) is 10.8. The lowest BCUT2D eigenvalue weighted by molar-refractivity contribution is 0.0696. The van der Waals surface area contributed by atoms with E-state index < -0.39 is 5.97 Å². The van der Waals surface area contributed by atoms with Crippen LogP contribution >= 0.6 is 11.6 Å². The van der Waals surface area contributed by atoms with E-state index in [1.165, 1.54) is 0 Å². The second-order valence-corrected chi connectivity index (χ2v) is 3.34. The molecule has 3 nitrogen and oxygen atoms in total. The van der Waals surface area contributed by atoms with Crippen LogP contribution in [-0.4, -0.2) is 17.6 Å². The molecule has 0 bridgehead atoms. The molecular weight excluding hydrogens is 190 g/mol. The minimum atomic E-state index is -0.892. The van der Waals surface area contributed by atoms with E-state index in [0.717, 1.165) is 24.2 Å². The van der Waals surface area contributed by atoms with Crippen LogP contribution in [0.25, 0.3) is 0 Å². The quantitative estimate of drug-likeness (QED) is 0.724. The molecule has 1 aromatic carbocycles. The van der Waals surface area contributed by atoms with Gasteiger partial charge in [-0.25, -0.2) is 4.79 Å². The van der Waals surface area contributed by atoms with E-state index in [0.29, 0.717) is 10.6 Å². The summed E-state index contributed by atoms with van der Waals surface area (Å²) < 4.78 is 0. The van der Waals surface area contributed by atoms with Crippen molar-refractivity contribution < 1.29 is 9.90 Å². The van der Waals surface area contributed by atoms with Crippen LogP contribution in [0.4, 0.5) is 5.69 Å². The average molecular weight is 198 g/mol. The van der Waals surface area contributed by atoms with Gasteiger partial charge in [-0.2, -0.15) is 0 Å². The number of benzene rings is 1. The Kier molecular flexibility index (Phi) is 1.88. The second kappa shape index (κ2) is 2.92. The van der Waals surface area contributed by atoms with Gasteiger partial charge in [-0.3, -0.25) is 0 Å². The molecule has 0 fully saturated rings. The summed E-state index contributed by atoms with van der Waals surface area (Å²) in [6.07, 6.45) is 0.734. The van der Waals surface area contributed by atoms with E-state index >= 15 is 0 Å². The van der Waals surface area contributed by atoms with Crippen molar-refractivity contribution in [3.63, 3.8) is 0 Å². The third kappa shape index (κ3) is 1.25. The number of hydrogen-bond acceptors (Lipinski definition) is 2. The molecule has 0 saturated heterocycles. The molecule has 2 rings (SSSR count). The number of hydrogen-bond donors (Lipinski definition) is 2. The third-order valence-corrected chi connectivity index (χ3v) is 2.48. The summed E-state index contributed by atoms with van der Waals surface area (Å²) in [6, 6.07) is 3.17. The lowest BCUT2D eigenvalue weighted by atomic mass is 10.1. The van der Waals surface area contributed by atoms with Crippen LogP contribution in [0.1, 0.15) is 15.9 Å². The number of nitrogens with one attached hydrogen (secondary N) is 1. The van der Waals surface area contributed by atoms with E-state index in [2.05, 4.69) is 5.32 Å². The number of carbonyl (C=O) groups is 1. The molecule has 13 heavy (non-hydrogen) atoms. The number of anilines is 1. The summed E-state index contributed by atoms with van der Waals surface area (Å²) in [5.74, 6) is -0.892. The van der Waals surface area contributed by atoms with Gasteiger partial charge in [0.2, 0.25) is 0 Å². The van der Waals surface area contributed by atoms with Crippen LogP contribution in [-0.2, 0) is 6.42 Å². The fourth-order valence-electron chi connectivity index (χ4n) is 1.58. The predicted molar refractivity (Wildman–Crippen MR) is 50.6 cm³/mol. The van der Waals surface area contributed by atoms with Gasteiger partial charge in [-0.05, 0) is 24.1 Å². The molecule has 0 aromatic heterocycles. The van der Waals surface area contributed by atoms with Crippen LogP contribution in [0, 0.1) is 0 Å². The van der Waals surface area contributed by atoms with Crippen LogP contribution < -0.4 is 5.32 Å². The molecular formula is C9H8ClNO2. The first-order valence-electron chi connectivity index (χ1n) is 3.98. The highest BCUT2D eigenvalue weighted by Crippen LogP contribution is 2.32. The Labute approximate surface area is 80.3 Å². The standard InChI is InChI=1S/C9H8ClNO2/c10-7-2-1-6(9(12)13)5-3-4-11-8(5)7/h1-2,11H,3-4H2,(H,12,13). The van der Waals surface area contributed by atoms with Gasteiger partial charge in [0.1, 0.15) is 0 Å². The van der Waals surface area contributed by atoms with Crippen molar-refractivity contribution in [1.82, 2.24) is 0 Å². The second-order valence-electron chi connectivity index (χ2n) is 2.93. The number of carboxylic acids is 1. The Morgan fingerprint density at radius 2 is 2.31 bits per heavy atom. The first-order valence-corrected chi connectivity index (χ1v) is 4.36. The van der Waals surface area contributed by atoms with Gasteiger partial charge in [0.25, 0.3) is 0 Å². The molecule has 4 heteroatoms. The maximum absolute atomic E-state index is 10.8. The van der Waals surface area contributed by atoms with Gasteiger partial charge < -0.3 is 10.4 Å². The molecule has 68 valence electrons. The molecule has 0 spiro atoms. The van der Waals surface area contributed by atoms with Crippen LogP contribution in [0.15, 0.2) is 12.1 Å². The highest BCUT2D eigenvalue weighted by Gasteiger charge is 2.20. The van der Waals surface area contributed by atoms with Gasteiger partial charge in [0, 0.05) is 6.54 Å². The number of aromatic carboxylic acids is 1. The maximum Gasteiger partial charge on any atom is 0.336 e. The van der Waals surface area contributed by atoms with Crippen LogP contribution in [0.3, 0.4) is 0 Å². The van der Waals surface area contributed by atoms with Crippen molar-refractivity contribution in [1.29, 1.82) is 0 Å². The molecule has 0 saturated carbocycles. The molecule has 0 amide bonds. The van der Waals surface area contributed by atoms with Gasteiger partial charge in [0.05, 0.1) is 16.3 Å². The van der Waals surface area contributed by atoms with Crippen molar-refractivity contribution in [2.24, 2.45) is 0 Å². The Bertz CT molecular complexity index is 376. The van der Waals surface area contributed by atoms with E-state index in [9.17, 15) is 4.79 Å². The van der Waals surface area contributed by atoms with Gasteiger partial charge in [0.15, 0.2) is 0 Å². The first kappa shape index (κ1) is 8.38. The summed E-state index contributed by atoms with van der Waals surface area (Å²) in [5, 5.41) is 12.5. The summed E-state index contributed by atoms with van der Waals surface area (Å²) in [5.41, 5.74) is 1.95. The van der Waals surface area contributed by atoms with E-state index in [4.69, 9.17) is 16.7 Å². The molecule has 1 heterocycles. The summed E-state index contributed by atoms with van der Waals surface area (Å²) >= 11 is 5.89. The fourth-order valence-corrected chi connectivity index (χ4v) is 1.83. The van der Waals surface area contributed by atoms with Crippen molar-refractivity contribution in [2.75, 3.05) is 11.9 Å². The van der Waals surface area contributed by atoms with Crippen molar-refractivity contribution in [3.05, 3.63) is 28.3 Å². The van der Waals surface area contributed by atoms with E-state index in [1.807, 2.05) is 0 Å². The van der Waals surface area contributed by atoms with E-state index in [-0.39, 0.29) is 0 Å². The Morgan fingerprint density at radius 1 is 1.54 bits per heavy atom. The molecule has 2 N–H and O–H groups in total. The minimum absolute atomic E-state index is 0.351. The number of fused-ring (bicyclic) bond motifs is 1. The maximum atomic E-state index is 10.8. The zero-order chi connectivity index (χ0) is 9.42. The fraction of sp³-hybridized carbons (Fsp3) is 0.222. The molecule has 0 aliphatic carbocycles. The lowest BCUT2D eigenvalue weighted by Gasteiger charge is -2.05. The molecule has 0 unspecified atom stereocenters. The Balaban J connectivity index is 2.62. The largest absolute Gasteiger partial charge is 0.478 e. The van der Waals surface area contributed by atoms with E-state index in [1.54, 1.807) is 12.1 Å². The van der Waals surface area contributed by atoms with Crippen LogP contribution in [0.5, 0.6) is 0 Å². The summed E-state index contributed by atoms with van der Waals surface area (Å²) in [6.45, 7) is 0.763. The third-order valence-electron chi connectivity index (χ3n) is 2.17. The van der Waals surface area contributed by atoms with Gasteiger partial charge in [-0.15, -0.1) is 0 Å². The highest BCUT2D eigenvalue weighted by atomic mass is 35.5. The zero-order valence-electron chi connectivity index (χ0n) is 6.80. The first-order chi connectivity index (χ1) is 6.20. The molecule has 0 atom stereocenters.